The monoisotopic (exact) mass is 1380 g/mol. The number of hydrogen-bond acceptors (Lipinski definition) is 15. The predicted octanol–water partition coefficient (Wildman–Crippen LogP) is 9.26. The number of aryl methyl sites for hydroxylation is 9. The van der Waals surface area contributed by atoms with Crippen molar-refractivity contribution in [2.24, 2.45) is 0 Å². The zero-order valence-corrected chi connectivity index (χ0v) is 61.3. The zero-order chi connectivity index (χ0) is 70.4. The van der Waals surface area contributed by atoms with Gasteiger partial charge in [0.05, 0.1) is 22.7 Å². The second kappa shape index (κ2) is 26.8. The summed E-state index contributed by atoms with van der Waals surface area (Å²) in [6.45, 7) is 25.2. The molecule has 12 rings (SSSR count). The van der Waals surface area contributed by atoms with Crippen molar-refractivity contribution < 1.29 is 87.3 Å². The standard InChI is InChI=1S/C38H38N4O7S2.C37H36N4O4S.Na/c1-18-14-26-30(16-28(18)41-37-21(4)12-19(2)35(39)23(37)6)49-31-17-29(42-38-22(5)13-20(3)36(40)24(38)7)33(51(46,47)48)15-27(31)34(26)25-10-8-9-11-32(25)50(43,44)45;1-19-15-21(3)36(23(5)34(19)38)40-25-11-13-27-30(17-25)45-31-18-26(41-37-22(4)16-20(2)35(39)24(37)6)12-14-28(31)33(27)29-9-7-8-10-32(29)46(42,43)44;/h8-17,42H,39-40H2,1-7H3,(H,43,44,45)(H,46,47,48);7-18,40H,38-39H2,1-6H3,(H,42,43,44);/q;;+1/p+1. The van der Waals surface area contributed by atoms with Crippen LogP contribution in [0.15, 0.2) is 157 Å². The average Bonchev–Trinajstić information content (AvgIpc) is 0.737. The summed E-state index contributed by atoms with van der Waals surface area (Å²) >= 11 is 0. The molecule has 0 radical (unpaired) electrons. The van der Waals surface area contributed by atoms with Gasteiger partial charge in [0.25, 0.3) is 20.2 Å². The molecule has 498 valence electrons. The molecule has 0 spiro atoms. The molecule has 0 atom stereocenters. The molecule has 19 nitrogen and oxygen atoms in total. The van der Waals surface area contributed by atoms with Gasteiger partial charge in [-0.2, -0.15) is 16.8 Å². The fourth-order valence-electron chi connectivity index (χ4n) is 13.1. The van der Waals surface area contributed by atoms with E-state index < -0.39 is 40.1 Å². The van der Waals surface area contributed by atoms with Gasteiger partial charge in [-0.15, -0.1) is 0 Å². The molecule has 0 aromatic heterocycles. The quantitative estimate of drug-likeness (QED) is 0.0249. The number of anilines is 8. The van der Waals surface area contributed by atoms with Gasteiger partial charge >= 0.3 is 29.6 Å². The van der Waals surface area contributed by atoms with Crippen molar-refractivity contribution in [3.63, 3.8) is 0 Å². The molecule has 98 heavy (non-hydrogen) atoms. The van der Waals surface area contributed by atoms with Gasteiger partial charge in [-0.1, -0.05) is 48.5 Å². The molecule has 0 saturated carbocycles. The molecule has 4 aliphatic rings. The van der Waals surface area contributed by atoms with E-state index in [4.69, 9.17) is 31.8 Å². The van der Waals surface area contributed by atoms with E-state index in [1.165, 1.54) is 36.4 Å². The maximum absolute atomic E-state index is 12.9. The Labute approximate surface area is 591 Å². The van der Waals surface area contributed by atoms with E-state index in [1.54, 1.807) is 43.3 Å². The summed E-state index contributed by atoms with van der Waals surface area (Å²) in [7, 11) is -14.4. The summed E-state index contributed by atoms with van der Waals surface area (Å²) in [4.78, 5) is 5.81. The van der Waals surface area contributed by atoms with Gasteiger partial charge < -0.3 is 47.0 Å². The van der Waals surface area contributed by atoms with Crippen LogP contribution in [0.25, 0.3) is 66.8 Å². The van der Waals surface area contributed by atoms with E-state index in [0.717, 1.165) is 106 Å². The van der Waals surface area contributed by atoms with Gasteiger partial charge in [0, 0.05) is 130 Å². The minimum Gasteiger partial charge on any atom is -0.744 e. The van der Waals surface area contributed by atoms with Crippen molar-refractivity contribution in [3.05, 3.63) is 216 Å². The van der Waals surface area contributed by atoms with E-state index in [0.29, 0.717) is 72.7 Å². The first-order valence-corrected chi connectivity index (χ1v) is 35.2. The van der Waals surface area contributed by atoms with Crippen molar-refractivity contribution in [1.29, 1.82) is 0 Å². The SMILES string of the molecule is Cc1cc(C)c(Nc2cc3oc4cc(=[NH+]c5c(C)cc(C)c(N)c5C)c(C)cc-4c(-c4ccccc4S(=O)(=O)O)c3cc2S(=O)(=O)[O-])c(C)c1N.Cc1cc(C)c(Nc2ccc3c(-c4ccccc4S(=O)(=O)O)c4ccc(=[NH+]c5c(C)cc(C)c(N)c5C)cc-4oc3c2)c(C)c1N.[Na+]. The molecule has 23 heteroatoms. The molecule has 0 fully saturated rings. The van der Waals surface area contributed by atoms with Gasteiger partial charge in [0.15, 0.2) is 0 Å². The third-order valence-corrected chi connectivity index (χ3v) is 20.9. The van der Waals surface area contributed by atoms with Crippen molar-refractivity contribution in [2.75, 3.05) is 33.6 Å². The molecule has 0 saturated heterocycles. The molecule has 0 unspecified atom stereocenters. The third-order valence-electron chi connectivity index (χ3n) is 18.2. The van der Waals surface area contributed by atoms with Crippen molar-refractivity contribution >= 4 is 109 Å². The summed E-state index contributed by atoms with van der Waals surface area (Å²) in [5.74, 6) is 0.832. The van der Waals surface area contributed by atoms with Gasteiger partial charge in [0.2, 0.25) is 22.1 Å². The van der Waals surface area contributed by atoms with Crippen LogP contribution in [0.3, 0.4) is 0 Å². The van der Waals surface area contributed by atoms with Crippen LogP contribution >= 0.6 is 0 Å². The summed E-state index contributed by atoms with van der Waals surface area (Å²) in [5.41, 5.74) is 46.8. The Kier molecular flexibility index (Phi) is 19.6. The fourth-order valence-corrected chi connectivity index (χ4v) is 15.1. The first kappa shape index (κ1) is 71.4. The van der Waals surface area contributed by atoms with Crippen LogP contribution in [-0.4, -0.2) is 38.9 Å². The van der Waals surface area contributed by atoms with Gasteiger partial charge in [0.1, 0.15) is 42.6 Å². The van der Waals surface area contributed by atoms with E-state index in [2.05, 4.69) is 20.6 Å². The molecule has 14 N–H and O–H groups in total. The largest absolute Gasteiger partial charge is 1.00 e. The molecule has 0 bridgehead atoms. The van der Waals surface area contributed by atoms with Crippen LogP contribution in [0.5, 0.6) is 0 Å². The van der Waals surface area contributed by atoms with Crippen LogP contribution in [0, 0.1) is 90.0 Å². The van der Waals surface area contributed by atoms with Gasteiger partial charge in [-0.3, -0.25) is 9.11 Å². The number of rotatable bonds is 11. The number of benzene rings is 10. The minimum atomic E-state index is -5.12. The average molecular weight is 1380 g/mol. The van der Waals surface area contributed by atoms with E-state index in [-0.39, 0.29) is 62.2 Å². The molecule has 2 aliphatic heterocycles. The van der Waals surface area contributed by atoms with E-state index in [1.807, 2.05) is 144 Å². The van der Waals surface area contributed by atoms with Gasteiger partial charge in [-0.05, 0) is 189 Å². The molecular formula is C75H75N8NaO11S3+2. The first-order valence-electron chi connectivity index (χ1n) is 30.9. The first-order chi connectivity index (χ1) is 45.5. The fraction of sp³-hybridized carbons (Fsp3) is 0.173. The van der Waals surface area contributed by atoms with Crippen LogP contribution in [0.1, 0.15) is 72.3 Å². The Morgan fingerprint density at radius 1 is 0.408 bits per heavy atom. The molecule has 8 aromatic rings. The third kappa shape index (κ3) is 13.5. The minimum absolute atomic E-state index is 0. The Hall–Kier alpha value is -9.33. The number of hydrogen-bond donors (Lipinski definition) is 10. The number of nitrogens with two attached hydrogens (primary N) is 4. The second-order valence-corrected chi connectivity index (χ2v) is 29.1. The maximum atomic E-state index is 12.9. The summed E-state index contributed by atoms with van der Waals surface area (Å²) in [6.07, 6.45) is 0. The number of nitrogen functional groups attached to an aromatic ring is 4. The molecule has 2 aliphatic carbocycles. The van der Waals surface area contributed by atoms with E-state index >= 15 is 0 Å². The molecule has 2 heterocycles. The summed E-state index contributed by atoms with van der Waals surface area (Å²) < 4.78 is 123. The smallest absolute Gasteiger partial charge is 0.744 e. The summed E-state index contributed by atoms with van der Waals surface area (Å²) in [5, 5.41) is 8.89. The number of fused-ring (bicyclic) bond motifs is 4. The van der Waals surface area contributed by atoms with Crippen molar-refractivity contribution in [2.45, 2.75) is 105 Å². The molecule has 0 amide bonds. The van der Waals surface area contributed by atoms with Crippen molar-refractivity contribution in [1.82, 2.24) is 0 Å². The molecule has 8 aromatic carbocycles. The van der Waals surface area contributed by atoms with Crippen LogP contribution in [0.2, 0.25) is 0 Å². The van der Waals surface area contributed by atoms with Gasteiger partial charge in [-0.25, -0.2) is 18.4 Å². The van der Waals surface area contributed by atoms with Crippen LogP contribution < -0.4 is 83.8 Å². The maximum Gasteiger partial charge on any atom is 1.00 e. The predicted molar refractivity (Wildman–Crippen MR) is 383 cm³/mol. The Balaban J connectivity index is 0.000000211. The normalized spacial score (nSPS) is 12.3. The second-order valence-electron chi connectivity index (χ2n) is 25.0. The Morgan fingerprint density at radius 2 is 0.857 bits per heavy atom. The Bertz CT molecular complexity index is 5790. The summed E-state index contributed by atoms with van der Waals surface area (Å²) in [6, 6.07) is 37.7. The topological polar surface area (TPSA) is 348 Å². The van der Waals surface area contributed by atoms with E-state index in [9.17, 15) is 38.9 Å². The van der Waals surface area contributed by atoms with Crippen LogP contribution in [0.4, 0.5) is 56.9 Å². The Morgan fingerprint density at radius 3 is 1.37 bits per heavy atom. The van der Waals surface area contributed by atoms with Crippen molar-refractivity contribution in [3.8, 4) is 44.9 Å². The van der Waals surface area contributed by atoms with Crippen LogP contribution in [-0.2, 0) is 30.4 Å². The number of nitrogens with one attached hydrogen (secondary N) is 4. The zero-order valence-electron chi connectivity index (χ0n) is 56.8. The molecular weight excluding hydrogens is 1310 g/mol.